The van der Waals surface area contributed by atoms with E-state index < -0.39 is 0 Å². The fraction of sp³-hybridized carbons (Fsp3) is 0.0370. The van der Waals surface area contributed by atoms with Crippen LogP contribution in [0.5, 0.6) is 0 Å². The lowest BCUT2D eigenvalue weighted by Gasteiger charge is -2.31. The maximum absolute atomic E-state index is 6.77. The van der Waals surface area contributed by atoms with E-state index in [9.17, 15) is 0 Å². The number of nitrogens with zero attached hydrogens (tertiary/aromatic N) is 1. The van der Waals surface area contributed by atoms with Gasteiger partial charge >= 0.3 is 0 Å². The van der Waals surface area contributed by atoms with Crippen molar-refractivity contribution < 1.29 is 4.42 Å². The van der Waals surface area contributed by atoms with E-state index in [1.54, 1.807) is 6.08 Å². The summed E-state index contributed by atoms with van der Waals surface area (Å²) in [5, 5.41) is 4.60. The van der Waals surface area contributed by atoms with Crippen LogP contribution in [-0.4, -0.2) is 0 Å². The summed E-state index contributed by atoms with van der Waals surface area (Å²) in [7, 11) is 0. The monoisotopic (exact) mass is 719 g/mol. The van der Waals surface area contributed by atoms with Crippen LogP contribution >= 0.6 is 0 Å². The van der Waals surface area contributed by atoms with Gasteiger partial charge in [0.15, 0.2) is 0 Å². The second-order valence-corrected chi connectivity index (χ2v) is 14.2. The van der Waals surface area contributed by atoms with Crippen molar-refractivity contribution in [2.24, 2.45) is 0 Å². The standard InChI is InChI=1S/C54H41NO/c1-4-7-15-37-16-12-19-41(32-37)42-20-13-21-47(34-42)55(46-30-28-40(29-31-46)45-27-26-38(5-2)39(6-3)33-45)52-25-11-10-22-48(52)49-23-14-24-50-51-35-43-17-8-9-18-44(43)36-53(51)56-54(49)50/h4-28,30-36,40H,1-3,29H2/b15-7-. The number of anilines is 2. The Hall–Kier alpha value is -7.16. The van der Waals surface area contributed by atoms with E-state index in [-0.39, 0.29) is 5.92 Å². The summed E-state index contributed by atoms with van der Waals surface area (Å²) >= 11 is 0. The fourth-order valence-corrected chi connectivity index (χ4v) is 8.05. The largest absolute Gasteiger partial charge is 0.455 e. The first kappa shape index (κ1) is 34.6. The molecule has 1 aliphatic rings. The third kappa shape index (κ3) is 6.42. The number of para-hydroxylation sites is 2. The quantitative estimate of drug-likeness (QED) is 0.131. The first-order valence-corrected chi connectivity index (χ1v) is 19.1. The van der Waals surface area contributed by atoms with Crippen LogP contribution in [0.25, 0.3) is 73.2 Å². The van der Waals surface area contributed by atoms with Crippen LogP contribution in [0.1, 0.15) is 34.6 Å². The van der Waals surface area contributed by atoms with Gasteiger partial charge in [0.2, 0.25) is 0 Å². The molecule has 1 aliphatic carbocycles. The Labute approximate surface area is 328 Å². The van der Waals surface area contributed by atoms with E-state index in [0.717, 1.165) is 84.4 Å². The number of fused-ring (bicyclic) bond motifs is 4. The Balaban J connectivity index is 1.19. The van der Waals surface area contributed by atoms with E-state index in [0.29, 0.717) is 0 Å². The number of hydrogen-bond donors (Lipinski definition) is 0. The molecule has 0 saturated carbocycles. The van der Waals surface area contributed by atoms with E-state index in [1.807, 2.05) is 18.2 Å². The van der Waals surface area contributed by atoms with Crippen LogP contribution in [0.3, 0.4) is 0 Å². The highest BCUT2D eigenvalue weighted by Crippen LogP contribution is 2.45. The van der Waals surface area contributed by atoms with Crippen molar-refractivity contribution in [3.05, 3.63) is 224 Å². The molecule has 0 bridgehead atoms. The fourth-order valence-electron chi connectivity index (χ4n) is 8.05. The zero-order valence-corrected chi connectivity index (χ0v) is 31.2. The van der Waals surface area contributed by atoms with Crippen molar-refractivity contribution in [3.8, 4) is 22.3 Å². The Kier molecular flexibility index (Phi) is 9.23. The maximum atomic E-state index is 6.77. The molecular formula is C54H41NO. The molecule has 0 aliphatic heterocycles. The third-order valence-electron chi connectivity index (χ3n) is 10.9. The van der Waals surface area contributed by atoms with Crippen LogP contribution in [0.4, 0.5) is 11.4 Å². The molecule has 8 aromatic rings. The summed E-state index contributed by atoms with van der Waals surface area (Å²) < 4.78 is 6.77. The van der Waals surface area contributed by atoms with Gasteiger partial charge in [0.1, 0.15) is 11.2 Å². The Morgan fingerprint density at radius 2 is 1.38 bits per heavy atom. The Morgan fingerprint density at radius 3 is 2.18 bits per heavy atom. The Bertz CT molecular complexity index is 2910. The first-order valence-electron chi connectivity index (χ1n) is 19.1. The molecule has 1 atom stereocenters. The van der Waals surface area contributed by atoms with Gasteiger partial charge in [-0.25, -0.2) is 0 Å². The SMILES string of the molecule is C=C/C=C\c1cccc(-c2cccc(N(C3=CCC(c4ccc(C=C)c(C=C)c4)C=C3)c3ccccc3-c3cccc4c3oc3cc5ccccc5cc34)c2)c1. The highest BCUT2D eigenvalue weighted by Gasteiger charge is 2.23. The molecule has 1 heterocycles. The Morgan fingerprint density at radius 1 is 0.625 bits per heavy atom. The lowest BCUT2D eigenvalue weighted by molar-refractivity contribution is 0.670. The van der Waals surface area contributed by atoms with Crippen molar-refractivity contribution in [2.45, 2.75) is 12.3 Å². The molecule has 0 radical (unpaired) electrons. The minimum Gasteiger partial charge on any atom is -0.455 e. The van der Waals surface area contributed by atoms with Gasteiger partial charge in [-0.05, 0) is 93.0 Å². The molecule has 7 aromatic carbocycles. The van der Waals surface area contributed by atoms with Gasteiger partial charge in [0.05, 0.1) is 5.69 Å². The van der Waals surface area contributed by atoms with Gasteiger partial charge in [0.25, 0.3) is 0 Å². The van der Waals surface area contributed by atoms with Crippen molar-refractivity contribution in [1.29, 1.82) is 0 Å². The molecular weight excluding hydrogens is 679 g/mol. The second-order valence-electron chi connectivity index (χ2n) is 14.2. The van der Waals surface area contributed by atoms with Crippen molar-refractivity contribution >= 4 is 62.3 Å². The zero-order valence-electron chi connectivity index (χ0n) is 31.2. The van der Waals surface area contributed by atoms with E-state index >= 15 is 0 Å². The summed E-state index contributed by atoms with van der Waals surface area (Å²) in [4.78, 5) is 2.40. The molecule has 1 unspecified atom stereocenters. The normalized spacial score (nSPS) is 14.0. The minimum atomic E-state index is 0.242. The van der Waals surface area contributed by atoms with Crippen LogP contribution in [0.2, 0.25) is 0 Å². The molecule has 0 N–H and O–H groups in total. The summed E-state index contributed by atoms with van der Waals surface area (Å²) in [6.07, 6.45) is 17.5. The van der Waals surface area contributed by atoms with Gasteiger partial charge < -0.3 is 9.32 Å². The topological polar surface area (TPSA) is 16.4 Å². The number of hydrogen-bond acceptors (Lipinski definition) is 2. The predicted octanol–water partition coefficient (Wildman–Crippen LogP) is 15.3. The summed E-state index contributed by atoms with van der Waals surface area (Å²) in [6, 6.07) is 52.2. The molecule has 0 amide bonds. The molecule has 56 heavy (non-hydrogen) atoms. The smallest absolute Gasteiger partial charge is 0.143 e. The van der Waals surface area contributed by atoms with E-state index in [2.05, 4.69) is 195 Å². The van der Waals surface area contributed by atoms with Gasteiger partial charge in [-0.2, -0.15) is 0 Å². The molecule has 0 fully saturated rings. The van der Waals surface area contributed by atoms with Crippen molar-refractivity contribution in [1.82, 2.24) is 0 Å². The molecule has 0 saturated heterocycles. The summed E-state index contributed by atoms with van der Waals surface area (Å²) in [5.41, 5.74) is 14.1. The predicted molar refractivity (Wildman–Crippen MR) is 241 cm³/mol. The van der Waals surface area contributed by atoms with E-state index in [1.165, 1.54) is 16.3 Å². The molecule has 2 nitrogen and oxygen atoms in total. The molecule has 2 heteroatoms. The number of furan rings is 1. The minimum absolute atomic E-state index is 0.242. The van der Waals surface area contributed by atoms with Crippen LogP contribution in [0.15, 0.2) is 206 Å². The van der Waals surface area contributed by atoms with Gasteiger partial charge in [-0.1, -0.05) is 171 Å². The highest BCUT2D eigenvalue weighted by molar-refractivity contribution is 6.14. The number of allylic oxidation sites excluding steroid dienone is 5. The van der Waals surface area contributed by atoms with Gasteiger partial charge in [-0.3, -0.25) is 0 Å². The second kappa shape index (κ2) is 14.9. The molecule has 0 spiro atoms. The van der Waals surface area contributed by atoms with Gasteiger partial charge in [-0.15, -0.1) is 0 Å². The lowest BCUT2D eigenvalue weighted by Crippen LogP contribution is -2.18. The third-order valence-corrected chi connectivity index (χ3v) is 10.9. The highest BCUT2D eigenvalue weighted by atomic mass is 16.3. The average Bonchev–Trinajstić information content (AvgIpc) is 3.63. The summed E-state index contributed by atoms with van der Waals surface area (Å²) in [6.45, 7) is 11.9. The maximum Gasteiger partial charge on any atom is 0.143 e. The number of benzene rings is 7. The molecule has 268 valence electrons. The number of rotatable bonds is 10. The van der Waals surface area contributed by atoms with Crippen LogP contribution in [-0.2, 0) is 0 Å². The van der Waals surface area contributed by atoms with Crippen molar-refractivity contribution in [3.63, 3.8) is 0 Å². The van der Waals surface area contributed by atoms with Crippen LogP contribution < -0.4 is 4.90 Å². The van der Waals surface area contributed by atoms with Crippen molar-refractivity contribution in [2.75, 3.05) is 4.90 Å². The van der Waals surface area contributed by atoms with Gasteiger partial charge in [0, 0.05) is 39.2 Å². The molecule has 1 aromatic heterocycles. The zero-order chi connectivity index (χ0) is 38.0. The first-order chi connectivity index (χ1) is 27.6. The molecule has 9 rings (SSSR count). The lowest BCUT2D eigenvalue weighted by atomic mass is 9.89. The summed E-state index contributed by atoms with van der Waals surface area (Å²) in [5.74, 6) is 0.242. The van der Waals surface area contributed by atoms with E-state index in [4.69, 9.17) is 4.42 Å². The average molecular weight is 720 g/mol. The van der Waals surface area contributed by atoms with Crippen LogP contribution in [0, 0.1) is 0 Å².